The molecule has 10 heteroatoms. The highest BCUT2D eigenvalue weighted by Crippen LogP contribution is 2.33. The van der Waals surface area contributed by atoms with Gasteiger partial charge in [-0.05, 0) is 88.0 Å². The van der Waals surface area contributed by atoms with E-state index in [4.69, 9.17) is 4.74 Å². The molecule has 0 aromatic heterocycles. The molecule has 0 spiro atoms. The normalized spacial score (nSPS) is 16.8. The van der Waals surface area contributed by atoms with Crippen LogP contribution in [0.2, 0.25) is 0 Å². The van der Waals surface area contributed by atoms with E-state index in [2.05, 4.69) is 27.5 Å². The van der Waals surface area contributed by atoms with Crippen LogP contribution in [-0.4, -0.2) is 59.6 Å². The fourth-order valence-corrected chi connectivity index (χ4v) is 5.92. The van der Waals surface area contributed by atoms with Crippen molar-refractivity contribution in [2.24, 2.45) is 0 Å². The molecule has 5 rings (SSSR count). The largest absolute Gasteiger partial charge is 0.488 e. The van der Waals surface area contributed by atoms with E-state index in [1.807, 2.05) is 36.4 Å². The lowest BCUT2D eigenvalue weighted by Crippen LogP contribution is -2.51. The second-order valence-electron chi connectivity index (χ2n) is 9.08. The zero-order valence-corrected chi connectivity index (χ0v) is 23.9. The van der Waals surface area contributed by atoms with Gasteiger partial charge in [0.2, 0.25) is 5.91 Å². The molecule has 0 N–H and O–H groups in total. The maximum atomic E-state index is 13.4. The number of rotatable bonds is 7. The lowest BCUT2D eigenvalue weighted by Gasteiger charge is -2.36. The molecule has 2 fully saturated rings. The number of amides is 3. The predicted octanol–water partition coefficient (Wildman–Crippen LogP) is 5.39. The van der Waals surface area contributed by atoms with Crippen LogP contribution in [0.15, 0.2) is 77.7 Å². The summed E-state index contributed by atoms with van der Waals surface area (Å²) in [5, 5.41) is -0.452. The predicted molar refractivity (Wildman–Crippen MR) is 158 cm³/mol. The van der Waals surface area contributed by atoms with Crippen molar-refractivity contribution in [3.05, 3.63) is 98.2 Å². The number of benzene rings is 3. The molecular weight excluding hydrogens is 632 g/mol. The molecule has 3 amide bonds. The highest BCUT2D eigenvalue weighted by molar-refractivity contribution is 14.1. The molecule has 3 aromatic rings. The smallest absolute Gasteiger partial charge is 0.294 e. The van der Waals surface area contributed by atoms with Gasteiger partial charge in [-0.3, -0.25) is 19.3 Å². The second kappa shape index (κ2) is 12.2. The monoisotopic (exact) mass is 657 g/mol. The fourth-order valence-electron chi connectivity index (χ4n) is 4.39. The maximum Gasteiger partial charge on any atom is 0.294 e. The third-order valence-corrected chi connectivity index (χ3v) is 8.21. The van der Waals surface area contributed by atoms with E-state index < -0.39 is 11.1 Å². The topological polar surface area (TPSA) is 70.2 Å². The standard InChI is InChI=1S/C29H25FIN3O4S/c30-22-6-4-5-21(15-22)19-38-25-10-9-20(16-24(25)31)17-26-28(36)34(29(37)39-26)18-27(35)33-13-11-32(12-14-33)23-7-2-1-3-8-23/h1-10,15-17H,11-14,18-19H2/b26-17+. The van der Waals surface area contributed by atoms with Crippen LogP contribution in [-0.2, 0) is 16.2 Å². The maximum absolute atomic E-state index is 13.4. The van der Waals surface area contributed by atoms with Gasteiger partial charge < -0.3 is 14.5 Å². The average molecular weight is 658 g/mol. The Labute approximate surface area is 243 Å². The van der Waals surface area contributed by atoms with Crippen LogP contribution in [0.4, 0.5) is 14.9 Å². The van der Waals surface area contributed by atoms with Crippen molar-refractivity contribution >= 4 is 63.2 Å². The summed E-state index contributed by atoms with van der Waals surface area (Å²) in [5.74, 6) is -0.395. The summed E-state index contributed by atoms with van der Waals surface area (Å²) in [7, 11) is 0. The van der Waals surface area contributed by atoms with Crippen LogP contribution in [0.3, 0.4) is 0 Å². The summed E-state index contributed by atoms with van der Waals surface area (Å²) in [6.07, 6.45) is 1.65. The van der Waals surface area contributed by atoms with Crippen LogP contribution >= 0.6 is 34.4 Å². The van der Waals surface area contributed by atoms with Crippen molar-refractivity contribution in [1.29, 1.82) is 0 Å². The molecule has 0 atom stereocenters. The van der Waals surface area contributed by atoms with Crippen LogP contribution in [0, 0.1) is 9.39 Å². The molecule has 2 saturated heterocycles. The SMILES string of the molecule is O=C(CN1C(=O)S/C(=C/c2ccc(OCc3cccc(F)c3)c(I)c2)C1=O)N1CCN(c2ccccc2)CC1. The molecule has 2 aliphatic rings. The van der Waals surface area contributed by atoms with Gasteiger partial charge in [0, 0.05) is 31.9 Å². The number of anilines is 1. The minimum Gasteiger partial charge on any atom is -0.488 e. The third-order valence-electron chi connectivity index (χ3n) is 6.46. The summed E-state index contributed by atoms with van der Waals surface area (Å²) in [5.41, 5.74) is 2.56. The second-order valence-corrected chi connectivity index (χ2v) is 11.2. The molecule has 0 bridgehead atoms. The average Bonchev–Trinajstić information content (AvgIpc) is 3.20. The van der Waals surface area contributed by atoms with Gasteiger partial charge in [0.15, 0.2) is 0 Å². The molecule has 3 aromatic carbocycles. The lowest BCUT2D eigenvalue weighted by molar-refractivity contribution is -0.136. The number of para-hydroxylation sites is 1. The molecule has 0 saturated carbocycles. The zero-order valence-electron chi connectivity index (χ0n) is 20.9. The van der Waals surface area contributed by atoms with Gasteiger partial charge in [0.25, 0.3) is 11.1 Å². The van der Waals surface area contributed by atoms with Crippen LogP contribution in [0.5, 0.6) is 5.75 Å². The third kappa shape index (κ3) is 6.62. The summed E-state index contributed by atoms with van der Waals surface area (Å²) in [6.45, 7) is 2.41. The van der Waals surface area contributed by atoms with Crippen LogP contribution < -0.4 is 9.64 Å². The Balaban J connectivity index is 1.17. The van der Waals surface area contributed by atoms with Gasteiger partial charge in [0.1, 0.15) is 24.7 Å². The first-order valence-electron chi connectivity index (χ1n) is 12.4. The van der Waals surface area contributed by atoms with E-state index in [1.54, 1.807) is 35.2 Å². The van der Waals surface area contributed by atoms with Crippen molar-refractivity contribution in [3.63, 3.8) is 0 Å². The first kappa shape index (κ1) is 27.2. The lowest BCUT2D eigenvalue weighted by atomic mass is 10.2. The van der Waals surface area contributed by atoms with E-state index in [1.165, 1.54) is 12.1 Å². The number of carbonyl (C=O) groups excluding carboxylic acids is 3. The number of hydrogen-bond acceptors (Lipinski definition) is 6. The number of ether oxygens (including phenoxy) is 1. The van der Waals surface area contributed by atoms with E-state index in [0.717, 1.165) is 37.0 Å². The Morgan fingerprint density at radius 3 is 2.46 bits per heavy atom. The van der Waals surface area contributed by atoms with Crippen molar-refractivity contribution in [2.45, 2.75) is 6.61 Å². The van der Waals surface area contributed by atoms with Gasteiger partial charge in [0.05, 0.1) is 8.48 Å². The number of imide groups is 1. The summed E-state index contributed by atoms with van der Waals surface area (Å²) >= 11 is 2.96. The minimum absolute atomic E-state index is 0.224. The zero-order chi connectivity index (χ0) is 27.4. The Hall–Kier alpha value is -3.38. The Morgan fingerprint density at radius 1 is 0.974 bits per heavy atom. The molecule has 2 aliphatic heterocycles. The number of carbonyl (C=O) groups is 3. The van der Waals surface area contributed by atoms with Gasteiger partial charge >= 0.3 is 0 Å². The highest BCUT2D eigenvalue weighted by atomic mass is 127. The quantitative estimate of drug-likeness (QED) is 0.251. The highest BCUT2D eigenvalue weighted by Gasteiger charge is 2.37. The number of thioether (sulfide) groups is 1. The Morgan fingerprint density at radius 2 is 1.74 bits per heavy atom. The first-order valence-corrected chi connectivity index (χ1v) is 14.3. The minimum atomic E-state index is -0.470. The molecule has 39 heavy (non-hydrogen) atoms. The van der Waals surface area contributed by atoms with E-state index in [-0.39, 0.29) is 29.8 Å². The van der Waals surface area contributed by atoms with Crippen LogP contribution in [0.1, 0.15) is 11.1 Å². The van der Waals surface area contributed by atoms with E-state index >= 15 is 0 Å². The van der Waals surface area contributed by atoms with Crippen molar-refractivity contribution in [3.8, 4) is 5.75 Å². The Bertz CT molecular complexity index is 1430. The molecule has 2 heterocycles. The van der Waals surface area contributed by atoms with Crippen LogP contribution in [0.25, 0.3) is 6.08 Å². The molecule has 7 nitrogen and oxygen atoms in total. The van der Waals surface area contributed by atoms with E-state index in [9.17, 15) is 18.8 Å². The summed E-state index contributed by atoms with van der Waals surface area (Å²) < 4.78 is 20.0. The van der Waals surface area contributed by atoms with Gasteiger partial charge in [-0.25, -0.2) is 4.39 Å². The molecule has 0 aliphatic carbocycles. The number of piperazine rings is 1. The van der Waals surface area contributed by atoms with Gasteiger partial charge in [-0.15, -0.1) is 0 Å². The van der Waals surface area contributed by atoms with Crippen molar-refractivity contribution in [2.75, 3.05) is 37.6 Å². The molecule has 0 unspecified atom stereocenters. The van der Waals surface area contributed by atoms with Crippen molar-refractivity contribution in [1.82, 2.24) is 9.80 Å². The molecular formula is C29H25FIN3O4S. The molecule has 0 radical (unpaired) electrons. The van der Waals surface area contributed by atoms with Gasteiger partial charge in [-0.1, -0.05) is 36.4 Å². The summed E-state index contributed by atoms with van der Waals surface area (Å²) in [6, 6.07) is 21.6. The number of nitrogens with zero attached hydrogens (tertiary/aromatic N) is 3. The fraction of sp³-hybridized carbons (Fsp3) is 0.207. The Kier molecular flexibility index (Phi) is 8.51. The molecule has 200 valence electrons. The van der Waals surface area contributed by atoms with E-state index in [0.29, 0.717) is 31.9 Å². The van der Waals surface area contributed by atoms with Gasteiger partial charge in [-0.2, -0.15) is 0 Å². The number of hydrogen-bond donors (Lipinski definition) is 0. The van der Waals surface area contributed by atoms with Crippen molar-refractivity contribution < 1.29 is 23.5 Å². The number of halogens is 2. The first-order chi connectivity index (χ1) is 18.9. The summed E-state index contributed by atoms with van der Waals surface area (Å²) in [4.78, 5) is 43.7.